The number of aromatic nitrogens is 1. The molecule has 4 aromatic rings. The number of amides is 1. The number of thiazole rings is 1. The van der Waals surface area contributed by atoms with Crippen LogP contribution in [-0.4, -0.2) is 45.4 Å². The molecule has 0 fully saturated rings. The van der Waals surface area contributed by atoms with Crippen LogP contribution < -0.4 is 24.3 Å². The normalized spacial score (nSPS) is 12.3. The molecule has 39 heavy (non-hydrogen) atoms. The van der Waals surface area contributed by atoms with Gasteiger partial charge >= 0.3 is 0 Å². The first kappa shape index (κ1) is 28.2. The Hall–Kier alpha value is -3.83. The average molecular weight is 571 g/mol. The monoisotopic (exact) mass is 570 g/mol. The van der Waals surface area contributed by atoms with Crippen LogP contribution in [0.5, 0.6) is 23.0 Å². The molecule has 11 heteroatoms. The quantitative estimate of drug-likeness (QED) is 0.246. The lowest BCUT2D eigenvalue weighted by atomic mass is 10.1. The molecule has 4 rings (SSSR count). The van der Waals surface area contributed by atoms with E-state index in [0.717, 1.165) is 4.70 Å². The number of carbonyl (C=O) groups excluding carboxylic acids is 1. The van der Waals surface area contributed by atoms with Crippen molar-refractivity contribution in [2.24, 2.45) is 0 Å². The zero-order valence-electron chi connectivity index (χ0n) is 22.3. The zero-order chi connectivity index (χ0) is 28.2. The van der Waals surface area contributed by atoms with E-state index in [1.54, 1.807) is 69.7 Å². The molecule has 1 aromatic heterocycles. The number of sulfone groups is 1. The second-order valence-electron chi connectivity index (χ2n) is 8.79. The van der Waals surface area contributed by atoms with Crippen LogP contribution in [0.15, 0.2) is 65.6 Å². The highest BCUT2D eigenvalue weighted by atomic mass is 32.2. The fourth-order valence-electron chi connectivity index (χ4n) is 3.80. The molecule has 206 valence electrons. The molecule has 3 aromatic carbocycles. The van der Waals surface area contributed by atoms with E-state index in [1.165, 1.54) is 23.5 Å². The summed E-state index contributed by atoms with van der Waals surface area (Å²) in [4.78, 5) is 18.3. The van der Waals surface area contributed by atoms with Crippen molar-refractivity contribution in [1.29, 1.82) is 0 Å². The Morgan fingerprint density at radius 2 is 1.59 bits per heavy atom. The second kappa shape index (κ2) is 11.9. The van der Waals surface area contributed by atoms with E-state index in [4.69, 9.17) is 18.9 Å². The van der Waals surface area contributed by atoms with Gasteiger partial charge in [-0.25, -0.2) is 13.4 Å². The van der Waals surface area contributed by atoms with E-state index in [9.17, 15) is 13.2 Å². The largest absolute Gasteiger partial charge is 0.493 e. The van der Waals surface area contributed by atoms with Crippen LogP contribution in [0, 0.1) is 0 Å². The molecule has 1 heterocycles. The number of ether oxygens (including phenoxy) is 4. The van der Waals surface area contributed by atoms with Crippen molar-refractivity contribution in [2.45, 2.75) is 37.9 Å². The SMILES string of the molecule is CCS(=O)(=O)c1ccc(C(Oc2cccc(OC(C)C)c2)C(=O)Nc2nc3cc(OC)c(OC)cc3s2)cc1. The third kappa shape index (κ3) is 6.61. The Labute approximate surface area is 231 Å². The van der Waals surface area contributed by atoms with Crippen LogP contribution in [0.4, 0.5) is 5.13 Å². The molecule has 0 radical (unpaired) electrons. The summed E-state index contributed by atoms with van der Waals surface area (Å²) in [5.41, 5.74) is 1.11. The Morgan fingerprint density at radius 3 is 2.21 bits per heavy atom. The van der Waals surface area contributed by atoms with Gasteiger partial charge in [-0.1, -0.05) is 36.5 Å². The number of rotatable bonds is 11. The lowest BCUT2D eigenvalue weighted by Gasteiger charge is -2.20. The fourth-order valence-corrected chi connectivity index (χ4v) is 5.56. The number of hydrogen-bond acceptors (Lipinski definition) is 9. The summed E-state index contributed by atoms with van der Waals surface area (Å²) in [6.45, 7) is 5.41. The van der Waals surface area contributed by atoms with E-state index < -0.39 is 21.8 Å². The van der Waals surface area contributed by atoms with E-state index >= 15 is 0 Å². The molecule has 0 spiro atoms. The van der Waals surface area contributed by atoms with Crippen molar-refractivity contribution in [1.82, 2.24) is 4.98 Å². The maximum absolute atomic E-state index is 13.6. The first-order valence-corrected chi connectivity index (χ1v) is 14.7. The van der Waals surface area contributed by atoms with Crippen molar-refractivity contribution in [3.05, 3.63) is 66.2 Å². The van der Waals surface area contributed by atoms with Gasteiger partial charge in [0.2, 0.25) is 6.10 Å². The van der Waals surface area contributed by atoms with Crippen molar-refractivity contribution in [3.63, 3.8) is 0 Å². The predicted octanol–water partition coefficient (Wildman–Crippen LogP) is 5.65. The number of carbonyl (C=O) groups is 1. The van der Waals surface area contributed by atoms with Crippen molar-refractivity contribution in [3.8, 4) is 23.0 Å². The number of fused-ring (bicyclic) bond motifs is 1. The topological polar surface area (TPSA) is 113 Å². The molecule has 0 aliphatic heterocycles. The van der Waals surface area contributed by atoms with E-state index in [0.29, 0.717) is 39.2 Å². The molecular formula is C28H30N2O7S2. The highest BCUT2D eigenvalue weighted by Gasteiger charge is 2.25. The molecule has 1 amide bonds. The predicted molar refractivity (Wildman–Crippen MR) is 151 cm³/mol. The molecule has 0 saturated carbocycles. The third-order valence-electron chi connectivity index (χ3n) is 5.72. The minimum atomic E-state index is -3.40. The van der Waals surface area contributed by atoms with E-state index in [-0.39, 0.29) is 16.8 Å². The number of benzene rings is 3. The minimum absolute atomic E-state index is 0.0252. The summed E-state index contributed by atoms with van der Waals surface area (Å²) < 4.78 is 48.0. The summed E-state index contributed by atoms with van der Waals surface area (Å²) in [5, 5.41) is 3.20. The average Bonchev–Trinajstić information content (AvgIpc) is 3.31. The van der Waals surface area contributed by atoms with E-state index in [2.05, 4.69) is 10.3 Å². The molecular weight excluding hydrogens is 540 g/mol. The standard InChI is InChI=1S/C28H30N2O7S2/c1-6-39(32,33)21-12-10-18(11-13-21)26(37-20-9-7-8-19(14-20)36-17(2)3)27(31)30-28-29-22-15-23(34-4)24(35-5)16-25(22)38-28/h7-17,26H,6H2,1-5H3,(H,29,30,31). The first-order chi connectivity index (χ1) is 18.6. The molecule has 0 bridgehead atoms. The maximum Gasteiger partial charge on any atom is 0.271 e. The Balaban J connectivity index is 1.66. The third-order valence-corrected chi connectivity index (χ3v) is 8.40. The summed E-state index contributed by atoms with van der Waals surface area (Å²) in [6.07, 6.45) is -1.14. The van der Waals surface area contributed by atoms with Gasteiger partial charge in [0.05, 0.1) is 41.2 Å². The highest BCUT2D eigenvalue weighted by Crippen LogP contribution is 2.37. The number of nitrogens with zero attached hydrogens (tertiary/aromatic N) is 1. The molecule has 0 aliphatic rings. The van der Waals surface area contributed by atoms with Crippen molar-refractivity contribution < 1.29 is 32.2 Å². The van der Waals surface area contributed by atoms with E-state index in [1.807, 2.05) is 13.8 Å². The van der Waals surface area contributed by atoms with Crippen LogP contribution in [0.1, 0.15) is 32.4 Å². The zero-order valence-corrected chi connectivity index (χ0v) is 23.9. The van der Waals surface area contributed by atoms with Gasteiger partial charge < -0.3 is 18.9 Å². The number of methoxy groups -OCH3 is 2. The van der Waals surface area contributed by atoms with Crippen LogP contribution >= 0.6 is 11.3 Å². The van der Waals surface area contributed by atoms with Gasteiger partial charge in [-0.2, -0.15) is 0 Å². The summed E-state index contributed by atoms with van der Waals surface area (Å²) in [7, 11) is -0.309. The van der Waals surface area contributed by atoms with Gasteiger partial charge in [-0.3, -0.25) is 10.1 Å². The van der Waals surface area contributed by atoms with Gasteiger partial charge in [-0.05, 0) is 38.1 Å². The van der Waals surface area contributed by atoms with Crippen LogP contribution in [0.3, 0.4) is 0 Å². The summed E-state index contributed by atoms with van der Waals surface area (Å²) in [5.74, 6) is 1.59. The molecule has 1 atom stereocenters. The molecule has 0 aliphatic carbocycles. The number of anilines is 1. The minimum Gasteiger partial charge on any atom is -0.493 e. The molecule has 0 saturated heterocycles. The van der Waals surface area contributed by atoms with Gasteiger partial charge in [0.25, 0.3) is 5.91 Å². The van der Waals surface area contributed by atoms with Crippen LogP contribution in [0.2, 0.25) is 0 Å². The van der Waals surface area contributed by atoms with Gasteiger partial charge in [0.15, 0.2) is 26.5 Å². The fraction of sp³-hybridized carbons (Fsp3) is 0.286. The van der Waals surface area contributed by atoms with Gasteiger partial charge in [0, 0.05) is 23.8 Å². The Bertz CT molecular complexity index is 1520. The molecule has 1 unspecified atom stereocenters. The lowest BCUT2D eigenvalue weighted by molar-refractivity contribution is -0.123. The van der Waals surface area contributed by atoms with Crippen molar-refractivity contribution in [2.75, 3.05) is 25.3 Å². The molecule has 9 nitrogen and oxygen atoms in total. The lowest BCUT2D eigenvalue weighted by Crippen LogP contribution is -2.25. The van der Waals surface area contributed by atoms with Gasteiger partial charge in [-0.15, -0.1) is 0 Å². The highest BCUT2D eigenvalue weighted by molar-refractivity contribution is 7.91. The van der Waals surface area contributed by atoms with Gasteiger partial charge in [0.1, 0.15) is 11.5 Å². The Morgan fingerprint density at radius 1 is 0.949 bits per heavy atom. The number of nitrogens with one attached hydrogen (secondary N) is 1. The molecule has 1 N–H and O–H groups in total. The van der Waals surface area contributed by atoms with Crippen molar-refractivity contribution >= 4 is 42.4 Å². The van der Waals surface area contributed by atoms with Crippen LogP contribution in [0.25, 0.3) is 10.2 Å². The maximum atomic E-state index is 13.6. The second-order valence-corrected chi connectivity index (χ2v) is 12.1. The summed E-state index contributed by atoms with van der Waals surface area (Å²) in [6, 6.07) is 16.6. The Kier molecular flexibility index (Phi) is 8.61. The summed E-state index contributed by atoms with van der Waals surface area (Å²) >= 11 is 1.28. The smallest absolute Gasteiger partial charge is 0.271 e. The number of hydrogen-bond donors (Lipinski definition) is 1. The first-order valence-electron chi connectivity index (χ1n) is 12.2. The van der Waals surface area contributed by atoms with Crippen LogP contribution in [-0.2, 0) is 14.6 Å².